The number of aryl methyl sites for hydroxylation is 1. The minimum Gasteiger partial charge on any atom is -0.311 e. The van der Waals surface area contributed by atoms with Crippen molar-refractivity contribution in [3.8, 4) is 0 Å². The van der Waals surface area contributed by atoms with Crippen LogP contribution in [0, 0.1) is 0 Å². The molecule has 0 bridgehead atoms. The third-order valence-electron chi connectivity index (χ3n) is 3.65. The number of hydrogen-bond donors (Lipinski definition) is 1. The summed E-state index contributed by atoms with van der Waals surface area (Å²) in [6, 6.07) is 7.32. The summed E-state index contributed by atoms with van der Waals surface area (Å²) < 4.78 is 31.1. The molecule has 1 aliphatic rings. The van der Waals surface area contributed by atoms with Crippen LogP contribution in [0.25, 0.3) is 0 Å². The number of nitrogens with one attached hydrogen (secondary N) is 1. The predicted molar refractivity (Wildman–Crippen MR) is 89.5 cm³/mol. The molecule has 2 aromatic rings. The zero-order valence-electron chi connectivity index (χ0n) is 12.8. The number of rotatable bonds is 5. The van der Waals surface area contributed by atoms with Crippen LogP contribution in [-0.2, 0) is 17.3 Å². The van der Waals surface area contributed by atoms with Gasteiger partial charge in [-0.15, -0.1) is 10.2 Å². The Hall–Kier alpha value is -1.58. The van der Waals surface area contributed by atoms with E-state index in [1.165, 1.54) is 16.1 Å². The van der Waals surface area contributed by atoms with Gasteiger partial charge in [-0.05, 0) is 36.7 Å². The highest BCUT2D eigenvalue weighted by Crippen LogP contribution is 2.32. The van der Waals surface area contributed by atoms with Gasteiger partial charge in [0, 0.05) is 25.0 Å². The fourth-order valence-electron chi connectivity index (χ4n) is 2.41. The summed E-state index contributed by atoms with van der Waals surface area (Å²) >= 11 is 1.38. The Kier molecular flexibility index (Phi) is 4.88. The molecule has 1 fully saturated rings. The van der Waals surface area contributed by atoms with Crippen molar-refractivity contribution < 1.29 is 8.42 Å². The van der Waals surface area contributed by atoms with Crippen molar-refractivity contribution in [1.29, 1.82) is 0 Å². The largest absolute Gasteiger partial charge is 0.311 e. The molecule has 1 aliphatic heterocycles. The molecule has 0 amide bonds. The van der Waals surface area contributed by atoms with Crippen molar-refractivity contribution in [2.75, 3.05) is 17.8 Å². The Morgan fingerprint density at radius 1 is 1.17 bits per heavy atom. The standard InChI is InChI=1S/C14H19N5O2S2/c1-18-11-15-16-14(18)22-13-8-4-3-7-12(13)17-23(20,21)19-9-5-2-6-10-19/h3-4,7-8,11,17H,2,5-6,9-10H2,1H3. The third-order valence-corrected chi connectivity index (χ3v) is 6.30. The van der Waals surface area contributed by atoms with Crippen molar-refractivity contribution in [2.45, 2.75) is 29.3 Å². The van der Waals surface area contributed by atoms with E-state index in [2.05, 4.69) is 14.9 Å². The van der Waals surface area contributed by atoms with E-state index in [4.69, 9.17) is 0 Å². The summed E-state index contributed by atoms with van der Waals surface area (Å²) in [6.45, 7) is 1.15. The number of anilines is 1. The van der Waals surface area contributed by atoms with Crippen molar-refractivity contribution >= 4 is 27.7 Å². The lowest BCUT2D eigenvalue weighted by molar-refractivity contribution is 0.349. The van der Waals surface area contributed by atoms with Gasteiger partial charge in [-0.25, -0.2) is 0 Å². The molecule has 1 aromatic carbocycles. The normalized spacial score (nSPS) is 16.4. The zero-order valence-corrected chi connectivity index (χ0v) is 14.5. The van der Waals surface area contributed by atoms with Crippen molar-refractivity contribution in [2.24, 2.45) is 7.05 Å². The number of benzene rings is 1. The maximum Gasteiger partial charge on any atom is 0.301 e. The zero-order chi connectivity index (χ0) is 16.3. The molecule has 0 aliphatic carbocycles. The van der Waals surface area contributed by atoms with Crippen LogP contribution in [-0.4, -0.2) is 40.6 Å². The Morgan fingerprint density at radius 3 is 2.61 bits per heavy atom. The van der Waals surface area contributed by atoms with E-state index in [0.29, 0.717) is 23.9 Å². The molecule has 124 valence electrons. The van der Waals surface area contributed by atoms with E-state index in [0.717, 1.165) is 24.2 Å². The molecule has 9 heteroatoms. The maximum absolute atomic E-state index is 12.5. The molecular formula is C14H19N5O2S2. The van der Waals surface area contributed by atoms with Crippen LogP contribution in [0.3, 0.4) is 0 Å². The first kappa shape index (κ1) is 16.3. The predicted octanol–water partition coefficient (Wildman–Crippen LogP) is 2.11. The summed E-state index contributed by atoms with van der Waals surface area (Å²) in [7, 11) is -1.67. The molecule has 1 saturated heterocycles. The van der Waals surface area contributed by atoms with Crippen molar-refractivity contribution in [3.63, 3.8) is 0 Å². The summed E-state index contributed by atoms with van der Waals surface area (Å²) in [5.74, 6) is 0. The summed E-state index contributed by atoms with van der Waals surface area (Å²) in [4.78, 5) is 0.796. The van der Waals surface area contributed by atoms with E-state index in [-0.39, 0.29) is 0 Å². The molecule has 0 saturated carbocycles. The highest BCUT2D eigenvalue weighted by atomic mass is 32.2. The molecule has 2 heterocycles. The van der Waals surface area contributed by atoms with Gasteiger partial charge < -0.3 is 4.57 Å². The lowest BCUT2D eigenvalue weighted by atomic mass is 10.2. The van der Waals surface area contributed by atoms with Gasteiger partial charge in [0.2, 0.25) is 0 Å². The molecule has 0 unspecified atom stereocenters. The fraction of sp³-hybridized carbons (Fsp3) is 0.429. The SMILES string of the molecule is Cn1cnnc1Sc1ccccc1NS(=O)(=O)N1CCCCC1. The summed E-state index contributed by atoms with van der Waals surface area (Å²) in [5.41, 5.74) is 0.561. The van der Waals surface area contributed by atoms with Gasteiger partial charge in [-0.2, -0.15) is 12.7 Å². The number of piperidine rings is 1. The van der Waals surface area contributed by atoms with Crippen LogP contribution >= 0.6 is 11.8 Å². The number of hydrogen-bond acceptors (Lipinski definition) is 5. The van der Waals surface area contributed by atoms with Gasteiger partial charge in [-0.1, -0.05) is 18.6 Å². The van der Waals surface area contributed by atoms with Gasteiger partial charge in [0.05, 0.1) is 5.69 Å². The third kappa shape index (κ3) is 3.85. The topological polar surface area (TPSA) is 80.1 Å². The van der Waals surface area contributed by atoms with E-state index < -0.39 is 10.2 Å². The second-order valence-corrected chi connectivity index (χ2v) is 8.07. The second-order valence-electron chi connectivity index (χ2n) is 5.39. The van der Waals surface area contributed by atoms with Gasteiger partial charge in [0.15, 0.2) is 5.16 Å². The van der Waals surface area contributed by atoms with E-state index in [9.17, 15) is 8.42 Å². The molecule has 0 radical (unpaired) electrons. The molecule has 1 N–H and O–H groups in total. The quantitative estimate of drug-likeness (QED) is 0.890. The van der Waals surface area contributed by atoms with Crippen molar-refractivity contribution in [3.05, 3.63) is 30.6 Å². The first-order valence-corrected chi connectivity index (χ1v) is 9.71. The minimum atomic E-state index is -3.52. The minimum absolute atomic E-state index is 0.561. The molecule has 0 spiro atoms. The van der Waals surface area contributed by atoms with E-state index in [1.54, 1.807) is 17.0 Å². The summed E-state index contributed by atoms with van der Waals surface area (Å²) in [6.07, 6.45) is 4.53. The molecular weight excluding hydrogens is 334 g/mol. The Morgan fingerprint density at radius 2 is 1.91 bits per heavy atom. The first-order chi connectivity index (χ1) is 11.1. The molecule has 1 aromatic heterocycles. The number of nitrogens with zero attached hydrogens (tertiary/aromatic N) is 4. The maximum atomic E-state index is 12.5. The molecule has 23 heavy (non-hydrogen) atoms. The van der Waals surface area contributed by atoms with Crippen LogP contribution in [0.4, 0.5) is 5.69 Å². The first-order valence-electron chi connectivity index (χ1n) is 7.45. The van der Waals surface area contributed by atoms with E-state index >= 15 is 0 Å². The summed E-state index contributed by atoms with van der Waals surface area (Å²) in [5, 5.41) is 8.57. The molecule has 7 nitrogen and oxygen atoms in total. The van der Waals surface area contributed by atoms with Gasteiger partial charge in [-0.3, -0.25) is 4.72 Å². The molecule has 3 rings (SSSR count). The van der Waals surface area contributed by atoms with E-state index in [1.807, 2.05) is 25.2 Å². The Bertz CT molecular complexity index is 769. The monoisotopic (exact) mass is 353 g/mol. The van der Waals surface area contributed by atoms with Crippen LogP contribution < -0.4 is 4.72 Å². The van der Waals surface area contributed by atoms with Crippen LogP contribution in [0.2, 0.25) is 0 Å². The van der Waals surface area contributed by atoms with Gasteiger partial charge in [0.25, 0.3) is 0 Å². The highest BCUT2D eigenvalue weighted by molar-refractivity contribution is 7.99. The van der Waals surface area contributed by atoms with Gasteiger partial charge in [0.1, 0.15) is 6.33 Å². The average molecular weight is 353 g/mol. The van der Waals surface area contributed by atoms with Crippen LogP contribution in [0.15, 0.2) is 40.6 Å². The average Bonchev–Trinajstić information content (AvgIpc) is 2.95. The van der Waals surface area contributed by atoms with Crippen LogP contribution in [0.1, 0.15) is 19.3 Å². The highest BCUT2D eigenvalue weighted by Gasteiger charge is 2.24. The number of aromatic nitrogens is 3. The Labute approximate surface area is 140 Å². The van der Waals surface area contributed by atoms with Crippen molar-refractivity contribution in [1.82, 2.24) is 19.1 Å². The lowest BCUT2D eigenvalue weighted by Crippen LogP contribution is -2.39. The molecule has 0 atom stereocenters. The fourth-order valence-corrected chi connectivity index (χ4v) is 4.65. The van der Waals surface area contributed by atoms with Gasteiger partial charge >= 0.3 is 10.2 Å². The second kappa shape index (κ2) is 6.90. The van der Waals surface area contributed by atoms with Crippen LogP contribution in [0.5, 0.6) is 0 Å². The Balaban J connectivity index is 1.81. The smallest absolute Gasteiger partial charge is 0.301 e. The number of para-hydroxylation sites is 1. The lowest BCUT2D eigenvalue weighted by Gasteiger charge is -2.26.